The maximum absolute atomic E-state index is 12.7. The Hall–Kier alpha value is -2.41. The molecule has 1 aliphatic heterocycles. The van der Waals surface area contributed by atoms with Crippen LogP contribution in [0.15, 0.2) is 24.3 Å². The lowest BCUT2D eigenvalue weighted by Gasteiger charge is -2.26. The second-order valence-corrected chi connectivity index (χ2v) is 7.79. The van der Waals surface area contributed by atoms with Crippen molar-refractivity contribution in [3.63, 3.8) is 0 Å². The van der Waals surface area contributed by atoms with Crippen LogP contribution in [0, 0.1) is 5.92 Å². The molecule has 0 spiro atoms. The highest BCUT2D eigenvalue weighted by Gasteiger charge is 2.28. The van der Waals surface area contributed by atoms with Crippen LogP contribution in [0.25, 0.3) is 0 Å². The Morgan fingerprint density at radius 2 is 2.04 bits per heavy atom. The Labute approximate surface area is 156 Å². The monoisotopic (exact) mass is 371 g/mol. The zero-order chi connectivity index (χ0) is 18.1. The Kier molecular flexibility index (Phi) is 4.63. The van der Waals surface area contributed by atoms with E-state index in [4.69, 9.17) is 4.74 Å². The van der Waals surface area contributed by atoms with Gasteiger partial charge in [-0.05, 0) is 37.1 Å². The van der Waals surface area contributed by atoms with Crippen molar-refractivity contribution in [1.82, 2.24) is 9.88 Å². The van der Waals surface area contributed by atoms with Crippen LogP contribution < -0.4 is 10.1 Å². The minimum atomic E-state index is 0.00626. The third-order valence-electron chi connectivity index (χ3n) is 5.06. The van der Waals surface area contributed by atoms with Crippen molar-refractivity contribution in [1.29, 1.82) is 0 Å². The summed E-state index contributed by atoms with van der Waals surface area (Å²) >= 11 is 1.48. The molecule has 1 saturated carbocycles. The molecule has 6 nitrogen and oxygen atoms in total. The highest BCUT2D eigenvalue weighted by molar-refractivity contribution is 7.15. The van der Waals surface area contributed by atoms with Gasteiger partial charge in [-0.1, -0.05) is 17.8 Å². The zero-order valence-electron chi connectivity index (χ0n) is 14.7. The summed E-state index contributed by atoms with van der Waals surface area (Å²) in [5, 5.41) is 3.60. The van der Waals surface area contributed by atoms with Crippen LogP contribution in [-0.4, -0.2) is 35.4 Å². The van der Waals surface area contributed by atoms with E-state index in [-0.39, 0.29) is 17.7 Å². The molecule has 0 saturated heterocycles. The van der Waals surface area contributed by atoms with Gasteiger partial charge >= 0.3 is 0 Å². The molecule has 7 heteroatoms. The number of rotatable bonds is 4. The van der Waals surface area contributed by atoms with Gasteiger partial charge in [0.25, 0.3) is 5.91 Å². The lowest BCUT2D eigenvalue weighted by Crippen LogP contribution is -2.35. The topological polar surface area (TPSA) is 71.5 Å². The van der Waals surface area contributed by atoms with E-state index in [1.807, 2.05) is 4.90 Å². The number of hydrogen-bond donors (Lipinski definition) is 1. The number of ether oxygens (including phenoxy) is 1. The summed E-state index contributed by atoms with van der Waals surface area (Å²) in [4.78, 5) is 32.3. The first-order valence-corrected chi connectivity index (χ1v) is 9.68. The fourth-order valence-electron chi connectivity index (χ4n) is 3.22. The molecule has 136 valence electrons. The standard InChI is InChI=1S/C19H21N3O3S/c1-25-14-7-5-13(6-8-14)18(24)22-10-9-15-16(11-22)26-19(20-15)21-17(23)12-3-2-4-12/h5-8,12H,2-4,9-11H2,1H3,(H,20,21,23). The van der Waals surface area contributed by atoms with Gasteiger partial charge < -0.3 is 15.0 Å². The first-order chi connectivity index (χ1) is 12.6. The van der Waals surface area contributed by atoms with Gasteiger partial charge in [0.1, 0.15) is 5.75 Å². The van der Waals surface area contributed by atoms with Gasteiger partial charge in [-0.2, -0.15) is 0 Å². The molecule has 2 heterocycles. The number of benzene rings is 1. The van der Waals surface area contributed by atoms with E-state index in [1.165, 1.54) is 11.3 Å². The molecule has 1 aromatic carbocycles. The molecule has 4 rings (SSSR count). The van der Waals surface area contributed by atoms with Crippen molar-refractivity contribution in [2.75, 3.05) is 19.0 Å². The van der Waals surface area contributed by atoms with Crippen LogP contribution in [0.1, 0.15) is 40.2 Å². The molecule has 1 N–H and O–H groups in total. The molecular formula is C19H21N3O3S. The predicted molar refractivity (Wildman–Crippen MR) is 99.5 cm³/mol. The normalized spacial score (nSPS) is 16.6. The Morgan fingerprint density at radius 3 is 2.69 bits per heavy atom. The summed E-state index contributed by atoms with van der Waals surface area (Å²) in [5.74, 6) is 0.959. The average Bonchev–Trinajstić information content (AvgIpc) is 3.00. The van der Waals surface area contributed by atoms with Gasteiger partial charge in [0.05, 0.1) is 19.3 Å². The van der Waals surface area contributed by atoms with E-state index in [9.17, 15) is 9.59 Å². The number of nitrogens with zero attached hydrogens (tertiary/aromatic N) is 2. The van der Waals surface area contributed by atoms with E-state index in [0.717, 1.165) is 35.6 Å². The summed E-state index contributed by atoms with van der Waals surface area (Å²) in [6, 6.07) is 7.16. The molecule has 26 heavy (non-hydrogen) atoms. The molecule has 0 atom stereocenters. The molecule has 0 radical (unpaired) electrons. The number of methoxy groups -OCH3 is 1. The van der Waals surface area contributed by atoms with Crippen molar-refractivity contribution < 1.29 is 14.3 Å². The van der Waals surface area contributed by atoms with Crippen LogP contribution in [0.5, 0.6) is 5.75 Å². The SMILES string of the molecule is COc1ccc(C(=O)N2CCc3nc(NC(=O)C4CCC4)sc3C2)cc1. The van der Waals surface area contributed by atoms with Crippen molar-refractivity contribution in [3.05, 3.63) is 40.4 Å². The number of anilines is 1. The third kappa shape index (κ3) is 3.31. The summed E-state index contributed by atoms with van der Waals surface area (Å²) in [7, 11) is 1.61. The fourth-order valence-corrected chi connectivity index (χ4v) is 4.24. The van der Waals surface area contributed by atoms with Crippen molar-refractivity contribution in [3.8, 4) is 5.75 Å². The third-order valence-corrected chi connectivity index (χ3v) is 6.06. The molecule has 0 unspecified atom stereocenters. The molecule has 0 bridgehead atoms. The maximum atomic E-state index is 12.7. The van der Waals surface area contributed by atoms with Crippen LogP contribution in [0.4, 0.5) is 5.13 Å². The van der Waals surface area contributed by atoms with Gasteiger partial charge in [-0.15, -0.1) is 0 Å². The summed E-state index contributed by atoms with van der Waals surface area (Å²) in [5.41, 5.74) is 1.65. The van der Waals surface area contributed by atoms with E-state index in [2.05, 4.69) is 10.3 Å². The van der Waals surface area contributed by atoms with Crippen LogP contribution in [0.2, 0.25) is 0 Å². The molecule has 2 aliphatic rings. The van der Waals surface area contributed by atoms with Gasteiger partial charge in [-0.3, -0.25) is 9.59 Å². The highest BCUT2D eigenvalue weighted by Crippen LogP contribution is 2.32. The highest BCUT2D eigenvalue weighted by atomic mass is 32.1. The van der Waals surface area contributed by atoms with E-state index in [1.54, 1.807) is 31.4 Å². The lowest BCUT2D eigenvalue weighted by atomic mass is 9.85. The van der Waals surface area contributed by atoms with Gasteiger partial charge in [0.2, 0.25) is 5.91 Å². The maximum Gasteiger partial charge on any atom is 0.254 e. The molecule has 1 aliphatic carbocycles. The summed E-state index contributed by atoms with van der Waals surface area (Å²) < 4.78 is 5.14. The number of carbonyl (C=O) groups excluding carboxylic acids is 2. The quantitative estimate of drug-likeness (QED) is 0.896. The zero-order valence-corrected chi connectivity index (χ0v) is 15.5. The van der Waals surface area contributed by atoms with Crippen LogP contribution in [-0.2, 0) is 17.8 Å². The number of amides is 2. The number of hydrogen-bond acceptors (Lipinski definition) is 5. The number of aromatic nitrogens is 1. The Bertz CT molecular complexity index is 827. The molecule has 1 fully saturated rings. The number of fused-ring (bicyclic) bond motifs is 1. The van der Waals surface area contributed by atoms with Crippen LogP contribution >= 0.6 is 11.3 Å². The van der Waals surface area contributed by atoms with Crippen LogP contribution in [0.3, 0.4) is 0 Å². The number of carbonyl (C=O) groups is 2. The summed E-state index contributed by atoms with van der Waals surface area (Å²) in [6.45, 7) is 1.18. The molecule has 2 aromatic rings. The van der Waals surface area contributed by atoms with Gasteiger partial charge in [0.15, 0.2) is 5.13 Å². The van der Waals surface area contributed by atoms with Crippen molar-refractivity contribution >= 4 is 28.3 Å². The average molecular weight is 371 g/mol. The summed E-state index contributed by atoms with van der Waals surface area (Å²) in [6.07, 6.45) is 3.80. The van der Waals surface area contributed by atoms with Crippen molar-refractivity contribution in [2.24, 2.45) is 5.92 Å². The largest absolute Gasteiger partial charge is 0.497 e. The predicted octanol–water partition coefficient (Wildman–Crippen LogP) is 3.09. The number of thiazole rings is 1. The fraction of sp³-hybridized carbons (Fsp3) is 0.421. The van der Waals surface area contributed by atoms with E-state index < -0.39 is 0 Å². The van der Waals surface area contributed by atoms with Crippen molar-refractivity contribution in [2.45, 2.75) is 32.2 Å². The minimum Gasteiger partial charge on any atom is -0.497 e. The van der Waals surface area contributed by atoms with E-state index in [0.29, 0.717) is 30.2 Å². The smallest absolute Gasteiger partial charge is 0.254 e. The first kappa shape index (κ1) is 17.0. The molecule has 2 amide bonds. The second kappa shape index (κ2) is 7.07. The molecular weight excluding hydrogens is 350 g/mol. The lowest BCUT2D eigenvalue weighted by molar-refractivity contribution is -0.122. The number of nitrogens with one attached hydrogen (secondary N) is 1. The van der Waals surface area contributed by atoms with Gasteiger partial charge in [-0.25, -0.2) is 4.98 Å². The first-order valence-electron chi connectivity index (χ1n) is 8.87. The Balaban J connectivity index is 1.43. The van der Waals surface area contributed by atoms with Gasteiger partial charge in [0, 0.05) is 29.3 Å². The minimum absolute atomic E-state index is 0.00626. The Morgan fingerprint density at radius 1 is 1.27 bits per heavy atom. The molecule has 1 aromatic heterocycles. The van der Waals surface area contributed by atoms with E-state index >= 15 is 0 Å². The second-order valence-electron chi connectivity index (χ2n) is 6.71.